The number of anilines is 2. The van der Waals surface area contributed by atoms with Gasteiger partial charge in [-0.2, -0.15) is 10.1 Å². The van der Waals surface area contributed by atoms with Gasteiger partial charge in [-0.1, -0.05) is 11.6 Å². The van der Waals surface area contributed by atoms with Crippen LogP contribution in [0.15, 0.2) is 58.5 Å². The number of nitrogens with one attached hydrogen (secondary N) is 1. The molecule has 3 aromatic heterocycles. The van der Waals surface area contributed by atoms with E-state index < -0.39 is 23.0 Å². The number of aromatic nitrogens is 6. The summed E-state index contributed by atoms with van der Waals surface area (Å²) in [5.41, 5.74) is 0.352. The molecule has 0 fully saturated rings. The Morgan fingerprint density at radius 1 is 1.08 bits per heavy atom. The molecule has 1 N–H and O–H groups in total. The van der Waals surface area contributed by atoms with E-state index in [2.05, 4.69) is 20.4 Å². The van der Waals surface area contributed by atoms with Gasteiger partial charge in [0.05, 0.1) is 41.8 Å². The van der Waals surface area contributed by atoms with Crippen LogP contribution in [0.25, 0.3) is 16.6 Å². The highest BCUT2D eigenvalue weighted by Gasteiger charge is 2.20. The summed E-state index contributed by atoms with van der Waals surface area (Å²) in [6.07, 6.45) is 4.69. The minimum atomic E-state index is -1.13. The van der Waals surface area contributed by atoms with Crippen molar-refractivity contribution < 1.29 is 13.5 Å². The second-order valence-electron chi connectivity index (χ2n) is 8.54. The fraction of sp³-hybridized carbons (Fsp3) is 0.160. The summed E-state index contributed by atoms with van der Waals surface area (Å²) < 4.78 is 36.8. The summed E-state index contributed by atoms with van der Waals surface area (Å²) >= 11 is 6.46. The summed E-state index contributed by atoms with van der Waals surface area (Å²) in [4.78, 5) is 35.0. The molecule has 0 bridgehead atoms. The lowest BCUT2D eigenvalue weighted by molar-refractivity contribution is 0.398. The minimum absolute atomic E-state index is 0.00605. The lowest BCUT2D eigenvalue weighted by atomic mass is 10.2. The lowest BCUT2D eigenvalue weighted by Crippen LogP contribution is -2.41. The largest absolute Gasteiger partial charge is 0.496 e. The van der Waals surface area contributed by atoms with E-state index in [1.165, 1.54) is 13.3 Å². The Labute approximate surface area is 218 Å². The summed E-state index contributed by atoms with van der Waals surface area (Å²) in [5.74, 6) is -2.40. The molecule has 0 aliphatic carbocycles. The normalized spacial score (nSPS) is 11.2. The van der Waals surface area contributed by atoms with Gasteiger partial charge in [-0.05, 0) is 36.8 Å². The van der Waals surface area contributed by atoms with Crippen LogP contribution in [-0.4, -0.2) is 36.0 Å². The highest BCUT2D eigenvalue weighted by atomic mass is 35.5. The van der Waals surface area contributed by atoms with Crippen molar-refractivity contribution in [3.05, 3.63) is 97.7 Å². The lowest BCUT2D eigenvalue weighted by Gasteiger charge is -2.17. The van der Waals surface area contributed by atoms with Crippen molar-refractivity contribution >= 4 is 34.1 Å². The molecular formula is C25H20ClF2N7O3. The van der Waals surface area contributed by atoms with Gasteiger partial charge in [0.1, 0.15) is 5.75 Å². The van der Waals surface area contributed by atoms with Gasteiger partial charge in [0.15, 0.2) is 11.6 Å². The van der Waals surface area contributed by atoms with Gasteiger partial charge in [-0.15, -0.1) is 0 Å². The molecule has 38 heavy (non-hydrogen) atoms. The Kier molecular flexibility index (Phi) is 6.41. The Bertz CT molecular complexity index is 1830. The van der Waals surface area contributed by atoms with Crippen molar-refractivity contribution in [1.29, 1.82) is 0 Å². The number of benzene rings is 2. The molecule has 5 aromatic rings. The number of fused-ring (bicyclic) bond motifs is 1. The van der Waals surface area contributed by atoms with E-state index >= 15 is 0 Å². The molecule has 0 atom stereocenters. The van der Waals surface area contributed by atoms with E-state index in [1.54, 1.807) is 49.2 Å². The van der Waals surface area contributed by atoms with Crippen LogP contribution >= 0.6 is 11.6 Å². The molecule has 194 valence electrons. The van der Waals surface area contributed by atoms with Gasteiger partial charge < -0.3 is 10.1 Å². The van der Waals surface area contributed by atoms with Crippen LogP contribution in [-0.2, 0) is 13.6 Å². The average Bonchev–Trinajstić information content (AvgIpc) is 3.22. The molecule has 0 saturated heterocycles. The minimum Gasteiger partial charge on any atom is -0.496 e. The standard InChI is InChI=1S/C25H20ClF2N7O3/c1-13-4-16(10-29-9-13)35-24(36)31-23(30-21-6-14-11-33(2)32-20(14)7-17(21)26)34(25(35)37)12-15-5-18(27)19(28)8-22(15)38-3/h4-11H,12H2,1-3H3,(H,30,31,36). The van der Waals surface area contributed by atoms with Gasteiger partial charge >= 0.3 is 11.4 Å². The zero-order valence-electron chi connectivity index (χ0n) is 20.4. The first kappa shape index (κ1) is 25.1. The van der Waals surface area contributed by atoms with Crippen molar-refractivity contribution in [2.45, 2.75) is 13.5 Å². The van der Waals surface area contributed by atoms with Gasteiger partial charge in [0.25, 0.3) is 0 Å². The highest BCUT2D eigenvalue weighted by molar-refractivity contribution is 6.34. The maximum atomic E-state index is 14.2. The van der Waals surface area contributed by atoms with Crippen LogP contribution in [0.2, 0.25) is 5.02 Å². The van der Waals surface area contributed by atoms with Crippen molar-refractivity contribution in [1.82, 2.24) is 28.9 Å². The molecule has 0 saturated carbocycles. The number of pyridine rings is 1. The second kappa shape index (κ2) is 9.71. The van der Waals surface area contributed by atoms with E-state index in [-0.39, 0.29) is 34.5 Å². The highest BCUT2D eigenvalue weighted by Crippen LogP contribution is 2.30. The van der Waals surface area contributed by atoms with Gasteiger partial charge in [-0.3, -0.25) is 14.2 Å². The Morgan fingerprint density at radius 3 is 2.58 bits per heavy atom. The quantitative estimate of drug-likeness (QED) is 0.350. The van der Waals surface area contributed by atoms with Crippen molar-refractivity contribution in [3.63, 3.8) is 0 Å². The van der Waals surface area contributed by atoms with Crippen molar-refractivity contribution in [3.8, 4) is 11.4 Å². The zero-order chi connectivity index (χ0) is 27.1. The van der Waals surface area contributed by atoms with E-state index in [1.807, 2.05) is 0 Å². The Morgan fingerprint density at radius 2 is 1.84 bits per heavy atom. The smallest absolute Gasteiger partial charge is 0.359 e. The summed E-state index contributed by atoms with van der Waals surface area (Å²) in [5, 5.41) is 8.25. The van der Waals surface area contributed by atoms with Crippen LogP contribution in [0, 0.1) is 18.6 Å². The van der Waals surface area contributed by atoms with E-state index in [4.69, 9.17) is 16.3 Å². The molecule has 13 heteroatoms. The number of halogens is 3. The molecular weight excluding hydrogens is 520 g/mol. The molecule has 0 aliphatic heterocycles. The third-order valence-corrected chi connectivity index (χ3v) is 6.11. The monoisotopic (exact) mass is 539 g/mol. The number of nitrogens with zero attached hydrogens (tertiary/aromatic N) is 6. The number of rotatable bonds is 6. The summed E-state index contributed by atoms with van der Waals surface area (Å²) in [6, 6.07) is 6.71. The zero-order valence-corrected chi connectivity index (χ0v) is 21.1. The van der Waals surface area contributed by atoms with Crippen LogP contribution < -0.4 is 21.4 Å². The third-order valence-electron chi connectivity index (χ3n) is 5.80. The summed E-state index contributed by atoms with van der Waals surface area (Å²) in [6.45, 7) is 1.44. The first-order chi connectivity index (χ1) is 18.1. The number of ether oxygens (including phenoxy) is 1. The van der Waals surface area contributed by atoms with Gasteiger partial charge in [0, 0.05) is 36.5 Å². The van der Waals surface area contributed by atoms with E-state index in [0.29, 0.717) is 16.8 Å². The topological polar surface area (TPSA) is 109 Å². The van der Waals surface area contributed by atoms with Crippen LogP contribution in [0.1, 0.15) is 11.1 Å². The Hall–Kier alpha value is -4.58. The predicted molar refractivity (Wildman–Crippen MR) is 138 cm³/mol. The van der Waals surface area contributed by atoms with Crippen molar-refractivity contribution in [2.24, 2.45) is 7.05 Å². The first-order valence-corrected chi connectivity index (χ1v) is 11.6. The van der Waals surface area contributed by atoms with Crippen LogP contribution in [0.5, 0.6) is 5.75 Å². The molecule has 0 spiro atoms. The van der Waals surface area contributed by atoms with Crippen LogP contribution in [0.3, 0.4) is 0 Å². The molecule has 0 unspecified atom stereocenters. The Balaban J connectivity index is 1.71. The number of hydrogen-bond acceptors (Lipinski definition) is 7. The molecule has 5 rings (SSSR count). The molecule has 3 heterocycles. The average molecular weight is 540 g/mol. The molecule has 0 radical (unpaired) electrons. The first-order valence-electron chi connectivity index (χ1n) is 11.2. The maximum absolute atomic E-state index is 14.2. The van der Waals surface area contributed by atoms with Gasteiger partial charge in [0.2, 0.25) is 5.95 Å². The van der Waals surface area contributed by atoms with E-state index in [9.17, 15) is 18.4 Å². The fourth-order valence-electron chi connectivity index (χ4n) is 4.05. The van der Waals surface area contributed by atoms with Crippen molar-refractivity contribution in [2.75, 3.05) is 12.4 Å². The third kappa shape index (κ3) is 4.61. The molecule has 0 aliphatic rings. The second-order valence-corrected chi connectivity index (χ2v) is 8.95. The van der Waals surface area contributed by atoms with E-state index in [0.717, 1.165) is 26.7 Å². The fourth-order valence-corrected chi connectivity index (χ4v) is 4.26. The van der Waals surface area contributed by atoms with Gasteiger partial charge in [-0.25, -0.2) is 22.9 Å². The number of hydrogen-bond donors (Lipinski definition) is 1. The number of aryl methyl sites for hydroxylation is 2. The SMILES string of the molecule is COc1cc(F)c(F)cc1Cn1c(Nc2cc3cn(C)nc3cc2Cl)nc(=O)n(-c2cncc(C)c2)c1=O. The number of methoxy groups -OCH3 is 1. The summed E-state index contributed by atoms with van der Waals surface area (Å²) in [7, 11) is 3.05. The van der Waals surface area contributed by atoms with Crippen LogP contribution in [0.4, 0.5) is 20.4 Å². The molecule has 0 amide bonds. The maximum Gasteiger partial charge on any atom is 0.359 e. The predicted octanol–water partition coefficient (Wildman–Crippen LogP) is 3.72. The molecule has 10 nitrogen and oxygen atoms in total. The molecule has 2 aromatic carbocycles.